The van der Waals surface area contributed by atoms with Crippen LogP contribution in [0.2, 0.25) is 0 Å². The van der Waals surface area contributed by atoms with Gasteiger partial charge in [-0.05, 0) is 45.1 Å². The number of ether oxygens (including phenoxy) is 1. The molecule has 0 radical (unpaired) electrons. The van der Waals surface area contributed by atoms with Crippen molar-refractivity contribution in [2.75, 3.05) is 19.8 Å². The highest BCUT2D eigenvalue weighted by atomic mass is 16.5. The molecule has 0 unspecified atom stereocenters. The molecule has 1 aromatic rings. The molecule has 0 aliphatic carbocycles. The Hall–Kier alpha value is -2.93. The number of aliphatic hydroxyl groups is 1. The van der Waals surface area contributed by atoms with E-state index >= 15 is 0 Å². The van der Waals surface area contributed by atoms with Gasteiger partial charge in [0.05, 0.1) is 18.1 Å². The number of esters is 1. The van der Waals surface area contributed by atoms with Gasteiger partial charge in [0.1, 0.15) is 6.61 Å². The summed E-state index contributed by atoms with van der Waals surface area (Å²) in [7, 11) is 0. The quantitative estimate of drug-likeness (QED) is 0.204. The number of nitrogens with zero attached hydrogens (tertiary/aromatic N) is 1. The van der Waals surface area contributed by atoms with Crippen LogP contribution in [-0.4, -0.2) is 53.1 Å². The van der Waals surface area contributed by atoms with Crippen LogP contribution >= 0.6 is 0 Å². The molecule has 2 amide bonds. The third kappa shape index (κ3) is 11.8. The molecule has 0 bridgehead atoms. The summed E-state index contributed by atoms with van der Waals surface area (Å²) in [6.45, 7) is 11.3. The zero-order valence-electron chi connectivity index (χ0n) is 20.6. The average Bonchev–Trinajstić information content (AvgIpc) is 2.80. The van der Waals surface area contributed by atoms with Gasteiger partial charge in [0.25, 0.3) is 0 Å². The van der Waals surface area contributed by atoms with E-state index in [9.17, 15) is 19.5 Å². The van der Waals surface area contributed by atoms with E-state index in [1.54, 1.807) is 24.8 Å². The SMILES string of the molecule is C=CCCCCC(=O)OCC(C)(C)NC(=O)[C@H](CC=C)CC(=O)N(CCO)Cc1ccccc1. The van der Waals surface area contributed by atoms with Crippen LogP contribution in [0.25, 0.3) is 0 Å². The molecule has 0 aliphatic rings. The fraction of sp³-hybridized carbons (Fsp3) is 0.519. The number of nitrogens with one attached hydrogen (secondary N) is 1. The number of carbonyl (C=O) groups is 3. The maximum Gasteiger partial charge on any atom is 0.305 e. The number of hydrogen-bond donors (Lipinski definition) is 2. The molecule has 0 fully saturated rings. The first-order valence-corrected chi connectivity index (χ1v) is 11.8. The minimum Gasteiger partial charge on any atom is -0.463 e. The van der Waals surface area contributed by atoms with Crippen LogP contribution < -0.4 is 5.32 Å². The highest BCUT2D eigenvalue weighted by molar-refractivity contribution is 5.86. The van der Waals surface area contributed by atoms with E-state index in [2.05, 4.69) is 18.5 Å². The van der Waals surface area contributed by atoms with E-state index in [0.29, 0.717) is 19.4 Å². The minimum absolute atomic E-state index is 0.0101. The number of allylic oxidation sites excluding steroid dienone is 2. The van der Waals surface area contributed by atoms with E-state index < -0.39 is 11.5 Å². The predicted molar refractivity (Wildman–Crippen MR) is 134 cm³/mol. The molecular formula is C27H40N2O5. The fourth-order valence-electron chi connectivity index (χ4n) is 3.40. The predicted octanol–water partition coefficient (Wildman–Crippen LogP) is 3.77. The number of carbonyl (C=O) groups excluding carboxylic acids is 3. The van der Waals surface area contributed by atoms with E-state index in [0.717, 1.165) is 24.8 Å². The second-order valence-electron chi connectivity index (χ2n) is 9.02. The molecule has 1 aromatic carbocycles. The largest absolute Gasteiger partial charge is 0.463 e. The Labute approximate surface area is 203 Å². The van der Waals surface area contributed by atoms with Crippen molar-refractivity contribution in [1.29, 1.82) is 0 Å². The Morgan fingerprint density at radius 1 is 1.15 bits per heavy atom. The van der Waals surface area contributed by atoms with Gasteiger partial charge in [-0.2, -0.15) is 0 Å². The Morgan fingerprint density at radius 3 is 2.47 bits per heavy atom. The third-order valence-corrected chi connectivity index (χ3v) is 5.28. The Bertz CT molecular complexity index is 791. The monoisotopic (exact) mass is 472 g/mol. The number of aliphatic hydroxyl groups excluding tert-OH is 1. The third-order valence-electron chi connectivity index (χ3n) is 5.28. The molecule has 0 saturated carbocycles. The lowest BCUT2D eigenvalue weighted by Gasteiger charge is -2.29. The Balaban J connectivity index is 2.67. The molecule has 0 saturated heterocycles. The lowest BCUT2D eigenvalue weighted by Crippen LogP contribution is -2.50. The lowest BCUT2D eigenvalue weighted by atomic mass is 9.97. The van der Waals surface area contributed by atoms with Crippen LogP contribution in [0.15, 0.2) is 55.6 Å². The smallest absolute Gasteiger partial charge is 0.305 e. The lowest BCUT2D eigenvalue weighted by molar-refractivity contribution is -0.147. The van der Waals surface area contributed by atoms with Crippen LogP contribution in [-0.2, 0) is 25.7 Å². The van der Waals surface area contributed by atoms with Crippen molar-refractivity contribution in [3.8, 4) is 0 Å². The first-order chi connectivity index (χ1) is 16.2. The van der Waals surface area contributed by atoms with Gasteiger partial charge < -0.3 is 20.1 Å². The van der Waals surface area contributed by atoms with Crippen molar-refractivity contribution < 1.29 is 24.2 Å². The first kappa shape index (κ1) is 29.1. The van der Waals surface area contributed by atoms with Gasteiger partial charge in [-0.1, -0.05) is 42.5 Å². The van der Waals surface area contributed by atoms with E-state index in [1.165, 1.54) is 0 Å². The summed E-state index contributed by atoms with van der Waals surface area (Å²) in [5.74, 6) is -1.44. The van der Waals surface area contributed by atoms with Gasteiger partial charge in [-0.3, -0.25) is 14.4 Å². The number of hydrogen-bond acceptors (Lipinski definition) is 5. The Morgan fingerprint density at radius 2 is 1.85 bits per heavy atom. The zero-order chi connectivity index (χ0) is 25.4. The molecule has 1 rings (SSSR count). The van der Waals surface area contributed by atoms with Crippen molar-refractivity contribution in [3.63, 3.8) is 0 Å². The summed E-state index contributed by atoms with van der Waals surface area (Å²) < 4.78 is 5.34. The summed E-state index contributed by atoms with van der Waals surface area (Å²) in [5.41, 5.74) is 0.159. The first-order valence-electron chi connectivity index (χ1n) is 11.8. The van der Waals surface area contributed by atoms with Crippen LogP contribution in [0.1, 0.15) is 57.9 Å². The molecule has 7 heteroatoms. The van der Waals surface area contributed by atoms with Crippen LogP contribution in [0.5, 0.6) is 0 Å². The molecule has 0 heterocycles. The molecule has 0 spiro atoms. The molecule has 2 N–H and O–H groups in total. The normalized spacial score (nSPS) is 11.9. The molecule has 1 atom stereocenters. The van der Waals surface area contributed by atoms with Crippen molar-refractivity contribution in [1.82, 2.24) is 10.2 Å². The van der Waals surface area contributed by atoms with Crippen LogP contribution in [0.4, 0.5) is 0 Å². The highest BCUT2D eigenvalue weighted by Gasteiger charge is 2.29. The highest BCUT2D eigenvalue weighted by Crippen LogP contribution is 2.16. The summed E-state index contributed by atoms with van der Waals surface area (Å²) in [4.78, 5) is 39.5. The van der Waals surface area contributed by atoms with Gasteiger partial charge in [0, 0.05) is 25.9 Å². The second kappa shape index (κ2) is 15.8. The minimum atomic E-state index is -0.787. The van der Waals surface area contributed by atoms with Gasteiger partial charge in [0.15, 0.2) is 0 Å². The van der Waals surface area contributed by atoms with E-state index in [4.69, 9.17) is 4.74 Å². The van der Waals surface area contributed by atoms with E-state index in [-0.39, 0.29) is 44.0 Å². The maximum atomic E-state index is 13.0. The van der Waals surface area contributed by atoms with Crippen molar-refractivity contribution in [3.05, 3.63) is 61.2 Å². The summed E-state index contributed by atoms with van der Waals surface area (Å²) in [6, 6.07) is 9.50. The number of unbranched alkanes of at least 4 members (excludes halogenated alkanes) is 2. The molecule has 7 nitrogen and oxygen atoms in total. The molecule has 0 aliphatic heterocycles. The molecule has 188 valence electrons. The van der Waals surface area contributed by atoms with Gasteiger partial charge in [-0.15, -0.1) is 13.2 Å². The summed E-state index contributed by atoms with van der Waals surface area (Å²) >= 11 is 0. The molecule has 34 heavy (non-hydrogen) atoms. The number of amides is 2. The number of rotatable bonds is 17. The zero-order valence-corrected chi connectivity index (χ0v) is 20.6. The van der Waals surface area contributed by atoms with Crippen molar-refractivity contribution in [2.45, 2.75) is 64.5 Å². The summed E-state index contributed by atoms with van der Waals surface area (Å²) in [5, 5.41) is 12.3. The molecule has 0 aromatic heterocycles. The van der Waals surface area contributed by atoms with Crippen LogP contribution in [0.3, 0.4) is 0 Å². The van der Waals surface area contributed by atoms with Crippen molar-refractivity contribution >= 4 is 17.8 Å². The van der Waals surface area contributed by atoms with Gasteiger partial charge >= 0.3 is 5.97 Å². The number of benzene rings is 1. The van der Waals surface area contributed by atoms with Crippen molar-refractivity contribution in [2.24, 2.45) is 5.92 Å². The maximum absolute atomic E-state index is 13.0. The fourth-order valence-corrected chi connectivity index (χ4v) is 3.40. The average molecular weight is 473 g/mol. The molecular weight excluding hydrogens is 432 g/mol. The topological polar surface area (TPSA) is 95.9 Å². The summed E-state index contributed by atoms with van der Waals surface area (Å²) in [6.07, 6.45) is 6.55. The van der Waals surface area contributed by atoms with Gasteiger partial charge in [-0.25, -0.2) is 0 Å². The Kier molecular flexibility index (Phi) is 13.5. The van der Waals surface area contributed by atoms with Crippen LogP contribution in [0, 0.1) is 5.92 Å². The van der Waals surface area contributed by atoms with E-state index in [1.807, 2.05) is 36.4 Å². The standard InChI is InChI=1S/C27H40N2O5/c1-5-7-8-12-16-25(32)34-21-27(3,4)28-26(33)23(13-6-2)19-24(31)29(17-18-30)20-22-14-10-9-11-15-22/h5-6,9-11,14-15,23,30H,1-2,7-8,12-13,16-21H2,3-4H3,(H,28,33)/t23-/m1/s1. The van der Waals surface area contributed by atoms with Gasteiger partial charge in [0.2, 0.25) is 11.8 Å². The second-order valence-corrected chi connectivity index (χ2v) is 9.02.